The second-order valence-corrected chi connectivity index (χ2v) is 7.38. The normalized spacial score (nSPS) is 25.8. The summed E-state index contributed by atoms with van der Waals surface area (Å²) in [5.74, 6) is -0.239. The van der Waals surface area contributed by atoms with Crippen molar-refractivity contribution in [2.75, 3.05) is 11.9 Å². The van der Waals surface area contributed by atoms with Gasteiger partial charge in [-0.25, -0.2) is 4.68 Å². The van der Waals surface area contributed by atoms with Crippen LogP contribution < -0.4 is 5.32 Å². The SMILES string of the molecule is O=C(CCN1C(=O)[C@H]2CC=CC[C@H]2C1=O)Nc1ccnn1C1CCCC1. The Kier molecular flexibility index (Phi) is 4.61. The highest BCUT2D eigenvalue weighted by Crippen LogP contribution is 2.35. The van der Waals surface area contributed by atoms with E-state index in [1.165, 1.54) is 17.7 Å². The maximum absolute atomic E-state index is 12.4. The van der Waals surface area contributed by atoms with Gasteiger partial charge < -0.3 is 5.32 Å². The number of amides is 3. The summed E-state index contributed by atoms with van der Waals surface area (Å²) in [5.41, 5.74) is 0. The van der Waals surface area contributed by atoms with Crippen molar-refractivity contribution in [2.45, 2.75) is 51.0 Å². The molecule has 4 rings (SSSR count). The summed E-state index contributed by atoms with van der Waals surface area (Å²) < 4.78 is 1.89. The molecule has 0 aromatic carbocycles. The quantitative estimate of drug-likeness (QED) is 0.648. The average molecular weight is 356 g/mol. The summed E-state index contributed by atoms with van der Waals surface area (Å²) in [5, 5.41) is 7.22. The molecule has 7 nitrogen and oxygen atoms in total. The predicted molar refractivity (Wildman–Crippen MR) is 95.1 cm³/mol. The molecule has 0 unspecified atom stereocenters. The van der Waals surface area contributed by atoms with Crippen molar-refractivity contribution in [3.8, 4) is 0 Å². The van der Waals surface area contributed by atoms with Crippen LogP contribution >= 0.6 is 0 Å². The van der Waals surface area contributed by atoms with Crippen molar-refractivity contribution in [1.82, 2.24) is 14.7 Å². The Hall–Kier alpha value is -2.44. The van der Waals surface area contributed by atoms with Crippen molar-refractivity contribution < 1.29 is 14.4 Å². The lowest BCUT2D eigenvalue weighted by atomic mass is 9.85. The minimum atomic E-state index is -0.237. The number of hydrogen-bond donors (Lipinski definition) is 1. The van der Waals surface area contributed by atoms with Crippen LogP contribution in [-0.4, -0.2) is 38.9 Å². The van der Waals surface area contributed by atoms with Crippen LogP contribution in [0.3, 0.4) is 0 Å². The number of nitrogens with zero attached hydrogens (tertiary/aromatic N) is 3. The fourth-order valence-electron chi connectivity index (χ4n) is 4.36. The van der Waals surface area contributed by atoms with E-state index in [0.717, 1.165) is 12.8 Å². The molecule has 3 aliphatic rings. The third-order valence-corrected chi connectivity index (χ3v) is 5.77. The van der Waals surface area contributed by atoms with E-state index in [4.69, 9.17) is 0 Å². The van der Waals surface area contributed by atoms with Gasteiger partial charge in [-0.05, 0) is 25.7 Å². The van der Waals surface area contributed by atoms with Crippen LogP contribution in [0.2, 0.25) is 0 Å². The molecule has 1 N–H and O–H groups in total. The van der Waals surface area contributed by atoms with Crippen LogP contribution in [0.1, 0.15) is 51.0 Å². The van der Waals surface area contributed by atoms with Crippen molar-refractivity contribution in [3.05, 3.63) is 24.4 Å². The molecule has 1 saturated carbocycles. The van der Waals surface area contributed by atoms with Crippen molar-refractivity contribution in [3.63, 3.8) is 0 Å². The first-order valence-corrected chi connectivity index (χ1v) is 9.48. The first-order chi connectivity index (χ1) is 12.6. The standard InChI is InChI=1S/C19H24N4O3/c24-17(21-16-9-11-20-23(16)13-5-1-2-6-13)10-12-22-18(25)14-7-3-4-8-15(14)19(22)26/h3-4,9,11,13-15H,1-2,5-8,10,12H2,(H,21,24)/t14-,15+. The van der Waals surface area contributed by atoms with E-state index < -0.39 is 0 Å². The first kappa shape index (κ1) is 17.0. The number of hydrogen-bond acceptors (Lipinski definition) is 4. The van der Waals surface area contributed by atoms with Crippen LogP contribution in [0.15, 0.2) is 24.4 Å². The van der Waals surface area contributed by atoms with E-state index >= 15 is 0 Å². The number of fused-ring (bicyclic) bond motifs is 1. The topological polar surface area (TPSA) is 84.3 Å². The van der Waals surface area contributed by atoms with Gasteiger partial charge in [0.05, 0.1) is 24.1 Å². The fraction of sp³-hybridized carbons (Fsp3) is 0.579. The lowest BCUT2D eigenvalue weighted by Gasteiger charge is -2.16. The molecule has 3 amide bonds. The Morgan fingerprint density at radius 1 is 1.12 bits per heavy atom. The van der Waals surface area contributed by atoms with E-state index in [2.05, 4.69) is 10.4 Å². The number of carbonyl (C=O) groups excluding carboxylic acids is 3. The minimum absolute atomic E-state index is 0.111. The second kappa shape index (κ2) is 7.05. The molecule has 2 aliphatic carbocycles. The van der Waals surface area contributed by atoms with Crippen molar-refractivity contribution in [2.24, 2.45) is 11.8 Å². The van der Waals surface area contributed by atoms with Gasteiger partial charge in [-0.15, -0.1) is 0 Å². The van der Waals surface area contributed by atoms with Crippen LogP contribution in [0.5, 0.6) is 0 Å². The molecule has 2 atom stereocenters. The monoisotopic (exact) mass is 356 g/mol. The largest absolute Gasteiger partial charge is 0.311 e. The molecular formula is C19H24N4O3. The van der Waals surface area contributed by atoms with Gasteiger partial charge in [0.25, 0.3) is 0 Å². The molecule has 138 valence electrons. The zero-order valence-electron chi connectivity index (χ0n) is 14.8. The third-order valence-electron chi connectivity index (χ3n) is 5.77. The molecule has 1 aromatic heterocycles. The first-order valence-electron chi connectivity index (χ1n) is 9.48. The lowest BCUT2D eigenvalue weighted by Crippen LogP contribution is -2.34. The molecule has 0 bridgehead atoms. The number of rotatable bonds is 5. The Morgan fingerprint density at radius 3 is 2.42 bits per heavy atom. The number of anilines is 1. The summed E-state index contributed by atoms with van der Waals surface area (Å²) in [6.45, 7) is 0.147. The summed E-state index contributed by atoms with van der Waals surface area (Å²) in [6.07, 6.45) is 11.5. The summed E-state index contributed by atoms with van der Waals surface area (Å²) >= 11 is 0. The fourth-order valence-corrected chi connectivity index (χ4v) is 4.36. The maximum Gasteiger partial charge on any atom is 0.233 e. The zero-order valence-corrected chi connectivity index (χ0v) is 14.8. The molecular weight excluding hydrogens is 332 g/mol. The summed E-state index contributed by atoms with van der Waals surface area (Å²) in [7, 11) is 0. The maximum atomic E-state index is 12.4. The van der Waals surface area contributed by atoms with Crippen LogP contribution in [0.4, 0.5) is 5.82 Å². The second-order valence-electron chi connectivity index (χ2n) is 7.38. The van der Waals surface area contributed by atoms with Gasteiger partial charge in [0.15, 0.2) is 0 Å². The minimum Gasteiger partial charge on any atom is -0.311 e. The predicted octanol–water partition coefficient (Wildman–Crippen LogP) is 2.28. The van der Waals surface area contributed by atoms with Gasteiger partial charge in [0.1, 0.15) is 5.82 Å². The summed E-state index contributed by atoms with van der Waals surface area (Å²) in [4.78, 5) is 38.5. The number of imide groups is 1. The zero-order chi connectivity index (χ0) is 18.1. The van der Waals surface area contributed by atoms with Gasteiger partial charge in [-0.3, -0.25) is 19.3 Å². The number of carbonyl (C=O) groups is 3. The molecule has 0 radical (unpaired) electrons. The van der Waals surface area contributed by atoms with E-state index in [-0.39, 0.29) is 42.5 Å². The van der Waals surface area contributed by atoms with Gasteiger partial charge in [-0.2, -0.15) is 5.10 Å². The molecule has 0 spiro atoms. The molecule has 1 aromatic rings. The Balaban J connectivity index is 1.34. The van der Waals surface area contributed by atoms with Gasteiger partial charge in [0.2, 0.25) is 17.7 Å². The van der Waals surface area contributed by atoms with E-state index in [9.17, 15) is 14.4 Å². The van der Waals surface area contributed by atoms with Gasteiger partial charge in [-0.1, -0.05) is 25.0 Å². The van der Waals surface area contributed by atoms with Crippen LogP contribution in [0.25, 0.3) is 0 Å². The molecule has 7 heteroatoms. The number of allylic oxidation sites excluding steroid dienone is 2. The Bertz CT molecular complexity index is 722. The van der Waals surface area contributed by atoms with Gasteiger partial charge in [0, 0.05) is 19.0 Å². The average Bonchev–Trinajstić information content (AvgIpc) is 3.36. The highest BCUT2D eigenvalue weighted by atomic mass is 16.2. The highest BCUT2D eigenvalue weighted by molar-refractivity contribution is 6.05. The van der Waals surface area contributed by atoms with Crippen LogP contribution in [0, 0.1) is 11.8 Å². The number of nitrogens with one attached hydrogen (secondary N) is 1. The van der Waals surface area contributed by atoms with Crippen molar-refractivity contribution in [1.29, 1.82) is 0 Å². The van der Waals surface area contributed by atoms with E-state index in [1.807, 2.05) is 16.8 Å². The lowest BCUT2D eigenvalue weighted by molar-refractivity contribution is -0.140. The van der Waals surface area contributed by atoms with E-state index in [0.29, 0.717) is 24.7 Å². The molecule has 1 aliphatic heterocycles. The third kappa shape index (κ3) is 3.06. The van der Waals surface area contributed by atoms with E-state index in [1.54, 1.807) is 12.3 Å². The summed E-state index contributed by atoms with van der Waals surface area (Å²) in [6, 6.07) is 2.14. The molecule has 1 saturated heterocycles. The number of aromatic nitrogens is 2. The van der Waals surface area contributed by atoms with Crippen molar-refractivity contribution >= 4 is 23.5 Å². The molecule has 2 fully saturated rings. The smallest absolute Gasteiger partial charge is 0.233 e. The van der Waals surface area contributed by atoms with Gasteiger partial charge >= 0.3 is 0 Å². The Morgan fingerprint density at radius 2 is 1.77 bits per heavy atom. The van der Waals surface area contributed by atoms with Crippen LogP contribution in [-0.2, 0) is 14.4 Å². The molecule has 26 heavy (non-hydrogen) atoms. The Labute approximate surface area is 152 Å². The highest BCUT2D eigenvalue weighted by Gasteiger charge is 2.46. The number of likely N-dealkylation sites (tertiary alicyclic amines) is 1. The molecule has 2 heterocycles.